The van der Waals surface area contributed by atoms with Gasteiger partial charge in [0, 0.05) is 36.5 Å². The number of phenolic OH excluding ortho intramolecular Hbond substituents is 1. The molecule has 8 heteroatoms. The van der Waals surface area contributed by atoms with Gasteiger partial charge in [-0.3, -0.25) is 4.79 Å². The first-order valence-corrected chi connectivity index (χ1v) is 8.31. The molecule has 0 atom stereocenters. The number of hydrogen-bond donors (Lipinski definition) is 2. The molecule has 1 fully saturated rings. The highest BCUT2D eigenvalue weighted by Crippen LogP contribution is 2.31. The Labute approximate surface area is 149 Å². The van der Waals surface area contributed by atoms with E-state index in [9.17, 15) is 9.90 Å². The number of nitrogens with one attached hydrogen (secondary N) is 1. The number of halogens is 2. The van der Waals surface area contributed by atoms with Crippen molar-refractivity contribution in [3.63, 3.8) is 0 Å². The molecule has 0 radical (unpaired) electrons. The predicted octanol–water partition coefficient (Wildman–Crippen LogP) is 2.89. The molecule has 2 N–H and O–H groups in total. The first kappa shape index (κ1) is 16.8. The lowest BCUT2D eigenvalue weighted by molar-refractivity contribution is 0.0928. The third-order valence-corrected chi connectivity index (χ3v) is 4.44. The number of piperidine rings is 1. The van der Waals surface area contributed by atoms with E-state index in [-0.39, 0.29) is 28.3 Å². The van der Waals surface area contributed by atoms with Crippen LogP contribution in [0.25, 0.3) is 0 Å². The molecule has 2 heterocycles. The number of carbonyl (C=O) groups is 1. The number of carbonyl (C=O) groups excluding carboxylic acids is 1. The second kappa shape index (κ2) is 7.23. The Morgan fingerprint density at radius 1 is 1.21 bits per heavy atom. The van der Waals surface area contributed by atoms with Gasteiger partial charge in [-0.2, -0.15) is 0 Å². The van der Waals surface area contributed by atoms with Crippen molar-refractivity contribution < 1.29 is 9.90 Å². The summed E-state index contributed by atoms with van der Waals surface area (Å²) in [5, 5.41) is 13.2. The highest BCUT2D eigenvalue weighted by atomic mass is 35.5. The Morgan fingerprint density at radius 3 is 2.54 bits per heavy atom. The van der Waals surface area contributed by atoms with Crippen molar-refractivity contribution in [1.82, 2.24) is 15.3 Å². The minimum atomic E-state index is -0.383. The minimum absolute atomic E-state index is 0.00891. The summed E-state index contributed by atoms with van der Waals surface area (Å²) in [4.78, 5) is 22.9. The molecule has 6 nitrogen and oxygen atoms in total. The van der Waals surface area contributed by atoms with Crippen LogP contribution in [0.4, 0.5) is 5.95 Å². The molecular formula is C16H16Cl2N4O2. The largest absolute Gasteiger partial charge is 0.506 e. The van der Waals surface area contributed by atoms with E-state index >= 15 is 0 Å². The summed E-state index contributed by atoms with van der Waals surface area (Å²) in [5.74, 6) is 0.0570. The SMILES string of the molecule is O=C(NC1CCN(c2ncccn2)CC1)c1cc(Cl)cc(Cl)c1O. The summed E-state index contributed by atoms with van der Waals surface area (Å²) < 4.78 is 0. The number of aromatic nitrogens is 2. The molecule has 0 saturated carbocycles. The minimum Gasteiger partial charge on any atom is -0.506 e. The van der Waals surface area contributed by atoms with E-state index in [1.54, 1.807) is 18.5 Å². The molecule has 0 bridgehead atoms. The van der Waals surface area contributed by atoms with Crippen molar-refractivity contribution in [3.05, 3.63) is 46.2 Å². The maximum absolute atomic E-state index is 12.4. The second-order valence-corrected chi connectivity index (χ2v) is 6.41. The summed E-state index contributed by atoms with van der Waals surface area (Å²) in [6.07, 6.45) is 4.95. The fourth-order valence-electron chi connectivity index (χ4n) is 2.68. The van der Waals surface area contributed by atoms with Gasteiger partial charge in [0.2, 0.25) is 5.95 Å². The number of rotatable bonds is 3. The number of phenols is 1. The highest BCUT2D eigenvalue weighted by Gasteiger charge is 2.24. The summed E-state index contributed by atoms with van der Waals surface area (Å²) in [7, 11) is 0. The van der Waals surface area contributed by atoms with Gasteiger partial charge in [0.05, 0.1) is 10.6 Å². The van der Waals surface area contributed by atoms with Crippen molar-refractivity contribution in [2.45, 2.75) is 18.9 Å². The summed E-state index contributed by atoms with van der Waals surface area (Å²) in [5.41, 5.74) is 0.0846. The van der Waals surface area contributed by atoms with E-state index in [1.165, 1.54) is 12.1 Å². The normalized spacial score (nSPS) is 15.3. The van der Waals surface area contributed by atoms with Gasteiger partial charge in [-0.25, -0.2) is 9.97 Å². The first-order valence-electron chi connectivity index (χ1n) is 7.55. The Bertz CT molecular complexity index is 734. The van der Waals surface area contributed by atoms with Gasteiger partial charge in [-0.05, 0) is 31.0 Å². The van der Waals surface area contributed by atoms with E-state index in [1.807, 2.05) is 0 Å². The summed E-state index contributed by atoms with van der Waals surface area (Å²) in [6.45, 7) is 1.49. The fraction of sp³-hybridized carbons (Fsp3) is 0.312. The van der Waals surface area contributed by atoms with Crippen LogP contribution in [0.1, 0.15) is 23.2 Å². The predicted molar refractivity (Wildman–Crippen MR) is 92.9 cm³/mol. The van der Waals surface area contributed by atoms with Gasteiger partial charge in [-0.1, -0.05) is 23.2 Å². The molecule has 1 aromatic carbocycles. The van der Waals surface area contributed by atoms with Gasteiger partial charge < -0.3 is 15.3 Å². The van der Waals surface area contributed by atoms with Gasteiger partial charge in [-0.15, -0.1) is 0 Å². The van der Waals surface area contributed by atoms with Gasteiger partial charge in [0.25, 0.3) is 5.91 Å². The smallest absolute Gasteiger partial charge is 0.255 e. The lowest BCUT2D eigenvalue weighted by atomic mass is 10.0. The lowest BCUT2D eigenvalue weighted by Gasteiger charge is -2.32. The van der Waals surface area contributed by atoms with Crippen LogP contribution in [0.15, 0.2) is 30.6 Å². The van der Waals surface area contributed by atoms with E-state index in [0.29, 0.717) is 11.0 Å². The number of anilines is 1. The Balaban J connectivity index is 1.61. The van der Waals surface area contributed by atoms with Crippen molar-refractivity contribution >= 4 is 35.1 Å². The number of aromatic hydroxyl groups is 1. The van der Waals surface area contributed by atoms with E-state index in [4.69, 9.17) is 23.2 Å². The van der Waals surface area contributed by atoms with Crippen LogP contribution in [-0.4, -0.2) is 40.1 Å². The zero-order valence-corrected chi connectivity index (χ0v) is 14.3. The summed E-state index contributed by atoms with van der Waals surface area (Å²) >= 11 is 11.8. The molecule has 0 spiro atoms. The molecule has 1 aliphatic rings. The molecule has 1 aliphatic heterocycles. The van der Waals surface area contributed by atoms with Gasteiger partial charge in [0.15, 0.2) is 0 Å². The maximum Gasteiger partial charge on any atom is 0.255 e. The van der Waals surface area contributed by atoms with Crippen LogP contribution in [0.3, 0.4) is 0 Å². The number of amides is 1. The Morgan fingerprint density at radius 2 is 1.88 bits per heavy atom. The highest BCUT2D eigenvalue weighted by molar-refractivity contribution is 6.36. The molecule has 1 amide bonds. The monoisotopic (exact) mass is 366 g/mol. The maximum atomic E-state index is 12.4. The molecule has 3 rings (SSSR count). The van der Waals surface area contributed by atoms with Crippen molar-refractivity contribution in [2.24, 2.45) is 0 Å². The van der Waals surface area contributed by atoms with Gasteiger partial charge >= 0.3 is 0 Å². The Hall–Kier alpha value is -2.05. The van der Waals surface area contributed by atoms with E-state index < -0.39 is 0 Å². The molecule has 1 saturated heterocycles. The molecule has 0 unspecified atom stereocenters. The number of benzene rings is 1. The molecule has 1 aromatic heterocycles. The molecule has 0 aliphatic carbocycles. The van der Waals surface area contributed by atoms with E-state index in [0.717, 1.165) is 25.9 Å². The van der Waals surface area contributed by atoms with Crippen LogP contribution in [0, 0.1) is 0 Å². The topological polar surface area (TPSA) is 78.4 Å². The standard InChI is InChI=1S/C16H16Cl2N4O2/c17-10-8-12(14(23)13(18)9-10)15(24)21-11-2-6-22(7-3-11)16-19-4-1-5-20-16/h1,4-5,8-9,11,23H,2-3,6-7H2,(H,21,24). The van der Waals surface area contributed by atoms with Crippen LogP contribution in [-0.2, 0) is 0 Å². The van der Waals surface area contributed by atoms with Crippen LogP contribution >= 0.6 is 23.2 Å². The van der Waals surface area contributed by atoms with Gasteiger partial charge in [0.1, 0.15) is 5.75 Å². The fourth-order valence-corrected chi connectivity index (χ4v) is 3.17. The zero-order valence-electron chi connectivity index (χ0n) is 12.7. The van der Waals surface area contributed by atoms with E-state index in [2.05, 4.69) is 20.2 Å². The average molecular weight is 367 g/mol. The number of nitrogens with zero attached hydrogens (tertiary/aromatic N) is 3. The average Bonchev–Trinajstić information content (AvgIpc) is 2.59. The quantitative estimate of drug-likeness (QED) is 0.872. The van der Waals surface area contributed by atoms with Crippen molar-refractivity contribution in [1.29, 1.82) is 0 Å². The lowest BCUT2D eigenvalue weighted by Crippen LogP contribution is -2.45. The zero-order chi connectivity index (χ0) is 17.1. The molecular weight excluding hydrogens is 351 g/mol. The third-order valence-electron chi connectivity index (χ3n) is 3.94. The Kier molecular flexibility index (Phi) is 5.06. The van der Waals surface area contributed by atoms with Crippen molar-refractivity contribution in [2.75, 3.05) is 18.0 Å². The van der Waals surface area contributed by atoms with Crippen LogP contribution in [0.5, 0.6) is 5.75 Å². The molecule has 2 aromatic rings. The first-order chi connectivity index (χ1) is 11.5. The molecule has 126 valence electrons. The van der Waals surface area contributed by atoms with Crippen LogP contribution in [0.2, 0.25) is 10.0 Å². The summed E-state index contributed by atoms with van der Waals surface area (Å²) in [6, 6.07) is 4.59. The third kappa shape index (κ3) is 3.71. The van der Waals surface area contributed by atoms with Crippen LogP contribution < -0.4 is 10.2 Å². The van der Waals surface area contributed by atoms with Crippen molar-refractivity contribution in [3.8, 4) is 5.75 Å². The number of hydrogen-bond acceptors (Lipinski definition) is 5. The molecule has 24 heavy (non-hydrogen) atoms. The second-order valence-electron chi connectivity index (χ2n) is 5.57.